The molecule has 2 amide bonds. The fourth-order valence-electron chi connectivity index (χ4n) is 15.3. The quantitative estimate of drug-likeness (QED) is 0.00467. The number of epoxide rings is 1. The Morgan fingerprint density at radius 3 is 1.39 bits per heavy atom. The predicted octanol–water partition coefficient (Wildman–Crippen LogP) is 22.1. The molecule has 738 valence electrons. The molecule has 0 saturated carbocycles. The van der Waals surface area contributed by atoms with Crippen LogP contribution in [-0.4, -0.2) is 150 Å². The van der Waals surface area contributed by atoms with E-state index in [2.05, 4.69) is 100 Å². The Bertz CT molecular complexity index is 7540. The zero-order valence-electron chi connectivity index (χ0n) is 79.5. The number of hydrazone groups is 3. The number of aromatic nitrogens is 3. The van der Waals surface area contributed by atoms with Crippen molar-refractivity contribution < 1.29 is 90.5 Å². The monoisotopic (exact) mass is 2020 g/mol. The van der Waals surface area contributed by atoms with Crippen LogP contribution in [0, 0.1) is 0 Å². The zero-order chi connectivity index (χ0) is 102. The summed E-state index contributed by atoms with van der Waals surface area (Å²) in [6.45, 7) is 12.9. The van der Waals surface area contributed by atoms with E-state index in [1.165, 1.54) is 154 Å². The molecule has 31 nitrogen and oxygen atoms in total. The number of esters is 7. The molecule has 1 unspecified atom stereocenters. The molecule has 0 bridgehead atoms. The van der Waals surface area contributed by atoms with Crippen molar-refractivity contribution in [3.8, 4) is 62.5 Å². The first-order chi connectivity index (χ1) is 71.7. The number of anilines is 3. The SMILES string of the molecule is C=C(C)C(=O)Oc1cc(/C=N/N=C(\C)c2ccc3c(c2)Cc2ccccc2-3)c(C(=O)Oc2ccc(-c3ccc(C(=O)OCCCCC4CO4)cc3)cc2)c(/C=N/Nc2nc3ccccc3s2)c1.C=CC(=O)OCCCCCCOc1ccc(C(=O)Oc2ccc(C(=O)Oc3cc(/C=N/Nc4nc5ccccc5s4)c(OC(=O)c4ccc(OCCCN5C(=O)C=CC5=O)cc4)cc3/C=N/Nc3nc4ccccc4s3)cc2)cc1. The minimum Gasteiger partial charge on any atom is -0.494 e. The highest BCUT2D eigenvalue weighted by Crippen LogP contribution is 2.39. The maximum absolute atomic E-state index is 14.4. The van der Waals surface area contributed by atoms with Gasteiger partial charge in [0.2, 0.25) is 15.4 Å². The summed E-state index contributed by atoms with van der Waals surface area (Å²) >= 11 is 4.18. The molecule has 0 radical (unpaired) electrons. The third-order valence-electron chi connectivity index (χ3n) is 23.0. The Kier molecular flexibility index (Phi) is 33.5. The number of hydrogen-bond donors (Lipinski definition) is 3. The number of para-hydroxylation sites is 3. The van der Waals surface area contributed by atoms with E-state index < -0.39 is 35.8 Å². The van der Waals surface area contributed by atoms with Gasteiger partial charge in [0.15, 0.2) is 0 Å². The molecular weight excluding hydrogens is 1930 g/mol. The van der Waals surface area contributed by atoms with Crippen LogP contribution in [0.15, 0.2) is 323 Å². The number of carbonyl (C=O) groups is 9. The second-order valence-corrected chi connectivity index (χ2v) is 36.7. The largest absolute Gasteiger partial charge is 0.494 e. The Hall–Kier alpha value is -17.7. The fraction of sp³-hybridized carbons (Fsp3) is 0.159. The number of nitrogens with one attached hydrogen (secondary N) is 3. The van der Waals surface area contributed by atoms with Gasteiger partial charge in [-0.05, 0) is 274 Å². The molecule has 12 aromatic carbocycles. The van der Waals surface area contributed by atoms with Gasteiger partial charge >= 0.3 is 41.8 Å². The molecule has 3 aliphatic rings. The topological polar surface area (TPSA) is 389 Å². The average molecular weight is 2020 g/mol. The van der Waals surface area contributed by atoms with E-state index in [1.54, 1.807) is 67.6 Å². The number of nitrogens with zero attached hydrogens (tertiary/aromatic N) is 9. The number of fused-ring (bicyclic) bond motifs is 6. The number of unbranched alkanes of at least 4 members (excludes halogenated alkanes) is 4. The number of rotatable bonds is 43. The molecule has 147 heavy (non-hydrogen) atoms. The van der Waals surface area contributed by atoms with Crippen molar-refractivity contribution in [3.05, 3.63) is 365 Å². The first-order valence-corrected chi connectivity index (χ1v) is 49.4. The van der Waals surface area contributed by atoms with Crippen molar-refractivity contribution in [1.29, 1.82) is 0 Å². The molecule has 5 heterocycles. The molecule has 34 heteroatoms. The van der Waals surface area contributed by atoms with Crippen molar-refractivity contribution in [2.24, 2.45) is 25.5 Å². The number of thiazole rings is 3. The lowest BCUT2D eigenvalue weighted by Gasteiger charge is -2.14. The van der Waals surface area contributed by atoms with Crippen molar-refractivity contribution in [3.63, 3.8) is 0 Å². The van der Waals surface area contributed by atoms with Gasteiger partial charge in [0, 0.05) is 52.6 Å². The molecule has 18 rings (SSSR count). The summed E-state index contributed by atoms with van der Waals surface area (Å²) in [7, 11) is 0. The highest BCUT2D eigenvalue weighted by Gasteiger charge is 2.28. The molecule has 3 N–H and O–H groups in total. The van der Waals surface area contributed by atoms with E-state index >= 15 is 0 Å². The lowest BCUT2D eigenvalue weighted by molar-refractivity contribution is -0.138. The van der Waals surface area contributed by atoms with Gasteiger partial charge in [-0.3, -0.25) is 30.8 Å². The van der Waals surface area contributed by atoms with E-state index in [0.29, 0.717) is 70.5 Å². The van der Waals surface area contributed by atoms with Crippen LogP contribution in [0.25, 0.3) is 52.9 Å². The molecule has 0 spiro atoms. The highest BCUT2D eigenvalue weighted by molar-refractivity contribution is 7.22. The number of imide groups is 1. The van der Waals surface area contributed by atoms with Crippen LogP contribution in [0.3, 0.4) is 0 Å². The van der Waals surface area contributed by atoms with E-state index in [4.69, 9.17) is 47.4 Å². The Labute approximate surface area is 855 Å². The fourth-order valence-corrected chi connectivity index (χ4v) is 17.8. The van der Waals surface area contributed by atoms with E-state index in [-0.39, 0.29) is 110 Å². The first kappa shape index (κ1) is 101. The number of ether oxygens (including phenoxy) is 10. The van der Waals surface area contributed by atoms with Crippen molar-refractivity contribution in [2.75, 3.05) is 55.9 Å². The van der Waals surface area contributed by atoms with E-state index in [9.17, 15) is 43.2 Å². The van der Waals surface area contributed by atoms with E-state index in [1.807, 2.05) is 116 Å². The average Bonchev–Trinajstić information content (AvgIpc) is 1.60. The van der Waals surface area contributed by atoms with Crippen molar-refractivity contribution in [2.45, 2.75) is 77.7 Å². The molecule has 15 aromatic rings. The van der Waals surface area contributed by atoms with Gasteiger partial charge in [-0.2, -0.15) is 25.5 Å². The molecular formula is C113H94N12O19S3. The molecule has 1 saturated heterocycles. The van der Waals surface area contributed by atoms with Crippen molar-refractivity contribution in [1.82, 2.24) is 19.9 Å². The zero-order valence-corrected chi connectivity index (χ0v) is 81.9. The van der Waals surface area contributed by atoms with Gasteiger partial charge in [-0.1, -0.05) is 144 Å². The number of hydrogen-bond acceptors (Lipinski definition) is 33. The Balaban J connectivity index is 0.000000204. The Morgan fingerprint density at radius 1 is 0.429 bits per heavy atom. The van der Waals surface area contributed by atoms with Crippen LogP contribution < -0.4 is 49.4 Å². The van der Waals surface area contributed by atoms with Gasteiger partial charge in [-0.25, -0.2) is 48.5 Å². The van der Waals surface area contributed by atoms with Crippen LogP contribution in [0.4, 0.5) is 15.4 Å². The molecule has 1 aliphatic carbocycles. The predicted molar refractivity (Wildman–Crippen MR) is 566 cm³/mol. The van der Waals surface area contributed by atoms with Gasteiger partial charge < -0.3 is 47.4 Å². The smallest absolute Gasteiger partial charge is 0.344 e. The Morgan fingerprint density at radius 2 is 0.864 bits per heavy atom. The van der Waals surface area contributed by atoms with Crippen LogP contribution in [-0.2, 0) is 39.8 Å². The second-order valence-electron chi connectivity index (χ2n) is 33.6. The lowest BCUT2D eigenvalue weighted by Crippen LogP contribution is -2.31. The minimum atomic E-state index is -0.779. The third kappa shape index (κ3) is 27.4. The molecule has 2 aliphatic heterocycles. The standard InChI is InChI=1S/C59H49N7O12S2.C54H45N5O7S/c1-2-54(69)75-32-10-4-3-9-31-73-43-22-16-38(17-23-43)55(70)76-45-26-20-40(21-27-45)57(72)78-49-35-41(36-60-64-58-62-46-12-5-7-14-50(46)79-58)48(34-42(49)37-61-65-59-63-47-13-6-8-15-51(47)80-59)77-56(71)39-18-24-44(25-19-39)74-33-11-30-66-52(67)28-29-53(66)68;1-33(2)51(60)66-45-28-41(30-55-58-34(3)38-21-24-47-40(26-38)27-39-10-4-5-12-46(39)47)50(42(29-45)31-56-59-54-57-48-13-6-7-14-49(48)67-54)53(62)65-43-22-19-36(20-23-43)35-15-17-37(18-16-35)52(61)63-25-9-8-11-44-32-64-44/h2,5-8,12-29,34-37H,1,3-4,9-11,30-33H2,(H,62,64)(H,63,65);4-7,10,12-24,26,28-31,44H,1,8-9,11,25,27,32H2,2-3H3,(H,57,59)/b60-36+,61-37+;55-30+,56-31+,58-34+. The summed E-state index contributed by atoms with van der Waals surface area (Å²) in [6, 6.07) is 76.3. The minimum absolute atomic E-state index is 0.00833. The molecule has 1 atom stereocenters. The maximum Gasteiger partial charge on any atom is 0.344 e. The third-order valence-corrected chi connectivity index (χ3v) is 25.9. The summed E-state index contributed by atoms with van der Waals surface area (Å²) in [4.78, 5) is 131. The normalized spacial score (nSPS) is 12.9. The summed E-state index contributed by atoms with van der Waals surface area (Å²) in [5.74, 6) is -3.41. The van der Waals surface area contributed by atoms with Crippen molar-refractivity contribution >= 4 is 164 Å². The summed E-state index contributed by atoms with van der Waals surface area (Å²) in [6.07, 6.45) is 16.9. The lowest BCUT2D eigenvalue weighted by atomic mass is 10.0. The van der Waals surface area contributed by atoms with Gasteiger partial charge in [0.25, 0.3) is 11.8 Å². The second kappa shape index (κ2) is 48.8. The highest BCUT2D eigenvalue weighted by atomic mass is 32.1. The van der Waals surface area contributed by atoms with Gasteiger partial charge in [-0.15, -0.1) is 0 Å². The van der Waals surface area contributed by atoms with E-state index in [0.717, 1.165) is 116 Å². The van der Waals surface area contributed by atoms with Gasteiger partial charge in [0.05, 0.1) is 128 Å². The first-order valence-electron chi connectivity index (χ1n) is 46.9. The number of amides is 2. The van der Waals surface area contributed by atoms with Gasteiger partial charge in [0.1, 0.15) is 40.2 Å². The molecule has 3 aromatic heterocycles. The molecule has 1 fully saturated rings. The van der Waals surface area contributed by atoms with Crippen LogP contribution in [0.1, 0.15) is 156 Å². The summed E-state index contributed by atoms with van der Waals surface area (Å²) < 4.78 is 59.5. The maximum atomic E-state index is 14.4. The van der Waals surface area contributed by atoms with Crippen LogP contribution in [0.5, 0.6) is 40.2 Å². The number of carbonyl (C=O) groups excluding carboxylic acids is 9. The summed E-state index contributed by atoms with van der Waals surface area (Å²) in [5, 5.41) is 23.8. The van der Waals surface area contributed by atoms with Crippen LogP contribution >= 0.6 is 34.0 Å². The van der Waals surface area contributed by atoms with Crippen LogP contribution in [0.2, 0.25) is 0 Å². The number of benzene rings is 12. The summed E-state index contributed by atoms with van der Waals surface area (Å²) in [5.41, 5.74) is 21.6.